The molecule has 0 aliphatic carbocycles. The van der Waals surface area contributed by atoms with Crippen molar-refractivity contribution >= 4 is 11.9 Å². The van der Waals surface area contributed by atoms with Gasteiger partial charge in [-0.1, -0.05) is 13.0 Å². The minimum absolute atomic E-state index is 0.0805. The SMILES string of the molecule is CCOC(=O)C1=C(N)Oc2ccc(-c3cc(OC)cc(OC)c3)cc2[C@@H]1CC(=O)O[C@@H](C)CC. The molecule has 1 aliphatic rings. The summed E-state index contributed by atoms with van der Waals surface area (Å²) in [5.74, 6) is -0.0993. The summed E-state index contributed by atoms with van der Waals surface area (Å²) in [4.78, 5) is 25.5. The van der Waals surface area contributed by atoms with Gasteiger partial charge in [-0.15, -0.1) is 0 Å². The fourth-order valence-electron chi connectivity index (χ4n) is 3.75. The Kier molecular flexibility index (Phi) is 8.04. The van der Waals surface area contributed by atoms with E-state index in [0.29, 0.717) is 29.2 Å². The van der Waals surface area contributed by atoms with Gasteiger partial charge in [0.25, 0.3) is 0 Å². The van der Waals surface area contributed by atoms with Gasteiger partial charge in [0.1, 0.15) is 22.8 Å². The minimum atomic E-state index is -0.688. The van der Waals surface area contributed by atoms with Crippen molar-refractivity contribution in [3.05, 3.63) is 53.4 Å². The monoisotopic (exact) mass is 469 g/mol. The molecule has 0 fully saturated rings. The highest BCUT2D eigenvalue weighted by Crippen LogP contribution is 2.43. The van der Waals surface area contributed by atoms with E-state index in [4.69, 9.17) is 29.4 Å². The maximum atomic E-state index is 12.8. The average Bonchev–Trinajstić information content (AvgIpc) is 2.83. The molecule has 0 spiro atoms. The summed E-state index contributed by atoms with van der Waals surface area (Å²) in [5.41, 5.74) is 8.52. The first-order valence-electron chi connectivity index (χ1n) is 11.2. The Bertz CT molecular complexity index is 1070. The molecule has 3 rings (SSSR count). The van der Waals surface area contributed by atoms with Crippen LogP contribution in [-0.2, 0) is 19.1 Å². The van der Waals surface area contributed by atoms with Crippen LogP contribution < -0.4 is 19.9 Å². The second-order valence-electron chi connectivity index (χ2n) is 7.92. The molecule has 0 bridgehead atoms. The zero-order valence-corrected chi connectivity index (χ0v) is 20.2. The molecular weight excluding hydrogens is 438 g/mol. The first-order valence-corrected chi connectivity index (χ1v) is 11.2. The van der Waals surface area contributed by atoms with Gasteiger partial charge in [-0.05, 0) is 55.7 Å². The molecule has 2 atom stereocenters. The van der Waals surface area contributed by atoms with Crippen molar-refractivity contribution in [1.29, 1.82) is 0 Å². The first-order chi connectivity index (χ1) is 16.3. The van der Waals surface area contributed by atoms with Crippen LogP contribution in [0, 0.1) is 0 Å². The van der Waals surface area contributed by atoms with Gasteiger partial charge in [0, 0.05) is 17.5 Å². The normalized spacial score (nSPS) is 15.6. The summed E-state index contributed by atoms with van der Waals surface area (Å²) in [6.45, 7) is 5.61. The van der Waals surface area contributed by atoms with Crippen LogP contribution in [0.25, 0.3) is 11.1 Å². The predicted octanol–water partition coefficient (Wildman–Crippen LogP) is 4.31. The number of rotatable bonds is 9. The fourth-order valence-corrected chi connectivity index (χ4v) is 3.75. The molecule has 34 heavy (non-hydrogen) atoms. The molecule has 1 aliphatic heterocycles. The van der Waals surface area contributed by atoms with Crippen LogP contribution >= 0.6 is 0 Å². The molecule has 0 saturated heterocycles. The van der Waals surface area contributed by atoms with Crippen LogP contribution in [0.15, 0.2) is 47.9 Å². The van der Waals surface area contributed by atoms with Gasteiger partial charge in [-0.25, -0.2) is 4.79 Å². The summed E-state index contributed by atoms with van der Waals surface area (Å²) in [6, 6.07) is 11.0. The van der Waals surface area contributed by atoms with Crippen LogP contribution in [0.4, 0.5) is 0 Å². The molecule has 2 aromatic carbocycles. The molecule has 8 nitrogen and oxygen atoms in total. The molecule has 182 valence electrons. The molecule has 0 saturated carbocycles. The first kappa shape index (κ1) is 25.0. The highest BCUT2D eigenvalue weighted by molar-refractivity contribution is 5.93. The summed E-state index contributed by atoms with van der Waals surface area (Å²) >= 11 is 0. The number of esters is 2. The van der Waals surface area contributed by atoms with Crippen molar-refractivity contribution in [2.75, 3.05) is 20.8 Å². The summed E-state index contributed by atoms with van der Waals surface area (Å²) < 4.78 is 27.2. The summed E-state index contributed by atoms with van der Waals surface area (Å²) in [5, 5.41) is 0. The van der Waals surface area contributed by atoms with Gasteiger partial charge in [-0.3, -0.25) is 4.79 Å². The average molecular weight is 470 g/mol. The summed E-state index contributed by atoms with van der Waals surface area (Å²) in [6.07, 6.45) is 0.357. The van der Waals surface area contributed by atoms with E-state index in [1.165, 1.54) is 0 Å². The smallest absolute Gasteiger partial charge is 0.340 e. The number of carbonyl (C=O) groups excluding carboxylic acids is 2. The van der Waals surface area contributed by atoms with E-state index in [1.54, 1.807) is 33.3 Å². The lowest BCUT2D eigenvalue weighted by molar-refractivity contribution is -0.148. The Morgan fingerprint density at radius 2 is 1.71 bits per heavy atom. The van der Waals surface area contributed by atoms with E-state index in [-0.39, 0.29) is 30.6 Å². The standard InChI is InChI=1S/C26H31NO7/c1-6-15(3)33-23(28)14-21-20-12-16(17-10-18(30-4)13-19(11-17)31-5)8-9-22(20)34-25(27)24(21)26(29)32-7-2/h8-13,15,21H,6-7,14,27H2,1-5H3/t15-,21-/m0/s1. The molecule has 0 aromatic heterocycles. The van der Waals surface area contributed by atoms with E-state index < -0.39 is 17.9 Å². The number of methoxy groups -OCH3 is 2. The molecule has 1 heterocycles. The minimum Gasteiger partial charge on any atom is -0.497 e. The lowest BCUT2D eigenvalue weighted by Gasteiger charge is -2.28. The zero-order chi connectivity index (χ0) is 24.8. The maximum Gasteiger partial charge on any atom is 0.340 e. The van der Waals surface area contributed by atoms with Crippen molar-refractivity contribution < 1.29 is 33.3 Å². The third-order valence-electron chi connectivity index (χ3n) is 5.68. The number of carbonyl (C=O) groups is 2. The Morgan fingerprint density at radius 1 is 1.03 bits per heavy atom. The van der Waals surface area contributed by atoms with Gasteiger partial charge in [0.15, 0.2) is 0 Å². The van der Waals surface area contributed by atoms with Crippen LogP contribution in [0.3, 0.4) is 0 Å². The number of hydrogen-bond donors (Lipinski definition) is 1. The summed E-state index contributed by atoms with van der Waals surface area (Å²) in [7, 11) is 3.16. The lowest BCUT2D eigenvalue weighted by Crippen LogP contribution is -2.29. The second-order valence-corrected chi connectivity index (χ2v) is 7.92. The Hall–Kier alpha value is -3.68. The molecular formula is C26H31NO7. The zero-order valence-electron chi connectivity index (χ0n) is 20.2. The molecule has 0 radical (unpaired) electrons. The van der Waals surface area contributed by atoms with Crippen molar-refractivity contribution in [2.24, 2.45) is 5.73 Å². The van der Waals surface area contributed by atoms with Gasteiger partial charge < -0.3 is 29.4 Å². The topological polar surface area (TPSA) is 106 Å². The Labute approximate surface area is 199 Å². The lowest BCUT2D eigenvalue weighted by atomic mass is 9.84. The van der Waals surface area contributed by atoms with Crippen molar-refractivity contribution in [3.63, 3.8) is 0 Å². The van der Waals surface area contributed by atoms with Crippen LogP contribution in [-0.4, -0.2) is 38.9 Å². The number of hydrogen-bond acceptors (Lipinski definition) is 8. The van der Waals surface area contributed by atoms with Crippen molar-refractivity contribution in [2.45, 2.75) is 45.6 Å². The third kappa shape index (κ3) is 5.44. The highest BCUT2D eigenvalue weighted by Gasteiger charge is 2.36. The molecule has 0 amide bonds. The third-order valence-corrected chi connectivity index (χ3v) is 5.68. The van der Waals surface area contributed by atoms with E-state index in [2.05, 4.69) is 0 Å². The van der Waals surface area contributed by atoms with Crippen LogP contribution in [0.2, 0.25) is 0 Å². The second kappa shape index (κ2) is 11.0. The van der Waals surface area contributed by atoms with Gasteiger partial charge in [-0.2, -0.15) is 0 Å². The van der Waals surface area contributed by atoms with E-state index in [1.807, 2.05) is 38.1 Å². The number of ether oxygens (including phenoxy) is 5. The Morgan fingerprint density at radius 3 is 2.29 bits per heavy atom. The number of fused-ring (bicyclic) bond motifs is 1. The largest absolute Gasteiger partial charge is 0.497 e. The van der Waals surface area contributed by atoms with Gasteiger partial charge >= 0.3 is 11.9 Å². The highest BCUT2D eigenvalue weighted by atomic mass is 16.5. The molecule has 2 N–H and O–H groups in total. The Balaban J connectivity index is 2.08. The van der Waals surface area contributed by atoms with Gasteiger partial charge in [0.05, 0.1) is 33.4 Å². The number of nitrogens with two attached hydrogens (primary N) is 1. The number of benzene rings is 2. The molecule has 2 aromatic rings. The van der Waals surface area contributed by atoms with Crippen molar-refractivity contribution in [3.8, 4) is 28.4 Å². The van der Waals surface area contributed by atoms with E-state index in [9.17, 15) is 9.59 Å². The van der Waals surface area contributed by atoms with Crippen molar-refractivity contribution in [1.82, 2.24) is 0 Å². The van der Waals surface area contributed by atoms with Gasteiger partial charge in [0.2, 0.25) is 5.88 Å². The maximum absolute atomic E-state index is 12.8. The quantitative estimate of drug-likeness (QED) is 0.542. The van der Waals surface area contributed by atoms with E-state index >= 15 is 0 Å². The van der Waals surface area contributed by atoms with Crippen LogP contribution in [0.5, 0.6) is 17.2 Å². The fraction of sp³-hybridized carbons (Fsp3) is 0.385. The van der Waals surface area contributed by atoms with E-state index in [0.717, 1.165) is 11.1 Å². The molecule has 8 heteroatoms. The molecule has 0 unspecified atom stereocenters. The van der Waals surface area contributed by atoms with Crippen LogP contribution in [0.1, 0.15) is 45.1 Å². The predicted molar refractivity (Wildman–Crippen MR) is 127 cm³/mol.